The highest BCUT2D eigenvalue weighted by atomic mass is 19.1. The number of H-pyrrole nitrogens is 1. The minimum absolute atomic E-state index is 0.162. The molecule has 2 aliphatic rings. The normalized spacial score (nSPS) is 22.3. The summed E-state index contributed by atoms with van der Waals surface area (Å²) in [5.74, 6) is -0.162. The van der Waals surface area contributed by atoms with E-state index in [0.29, 0.717) is 12.5 Å². The van der Waals surface area contributed by atoms with Crippen LogP contribution in [0.1, 0.15) is 30.4 Å². The van der Waals surface area contributed by atoms with E-state index >= 15 is 0 Å². The smallest absolute Gasteiger partial charge is 0.141 e. The summed E-state index contributed by atoms with van der Waals surface area (Å²) < 4.78 is 16.2. The van der Waals surface area contributed by atoms with E-state index in [4.69, 9.17) is 5.10 Å². The lowest BCUT2D eigenvalue weighted by Gasteiger charge is -2.52. The summed E-state index contributed by atoms with van der Waals surface area (Å²) >= 11 is 0. The maximum absolute atomic E-state index is 14.2. The third-order valence-corrected chi connectivity index (χ3v) is 8.18. The Hall–Kier alpha value is -3.65. The summed E-state index contributed by atoms with van der Waals surface area (Å²) in [6.07, 6.45) is 9.54. The van der Waals surface area contributed by atoms with Crippen molar-refractivity contribution >= 4 is 11.0 Å². The van der Waals surface area contributed by atoms with Gasteiger partial charge in [-0.25, -0.2) is 14.4 Å². The molecule has 10 heteroatoms. The first-order valence-electron chi connectivity index (χ1n) is 13.5. The van der Waals surface area contributed by atoms with Gasteiger partial charge in [0.15, 0.2) is 0 Å². The first-order valence-corrected chi connectivity index (χ1v) is 13.5. The van der Waals surface area contributed by atoms with Crippen molar-refractivity contribution < 1.29 is 4.39 Å². The fourth-order valence-electron chi connectivity index (χ4n) is 6.25. The van der Waals surface area contributed by atoms with Crippen LogP contribution in [0.5, 0.6) is 0 Å². The minimum Gasteiger partial charge on any atom is -0.346 e. The number of nitrogens with one attached hydrogen (secondary N) is 1. The van der Waals surface area contributed by atoms with E-state index in [-0.39, 0.29) is 11.4 Å². The first-order chi connectivity index (χ1) is 18.9. The molecule has 9 nitrogen and oxygen atoms in total. The molecule has 1 saturated carbocycles. The predicted octanol–water partition coefficient (Wildman–Crippen LogP) is 3.61. The third-order valence-electron chi connectivity index (χ3n) is 8.18. The molecule has 0 spiro atoms. The topological polar surface area (TPSA) is 92.9 Å². The Morgan fingerprint density at radius 3 is 2.69 bits per heavy atom. The van der Waals surface area contributed by atoms with Gasteiger partial charge in [0.2, 0.25) is 0 Å². The van der Waals surface area contributed by atoms with Crippen LogP contribution < -0.4 is 0 Å². The largest absolute Gasteiger partial charge is 0.346 e. The highest BCUT2D eigenvalue weighted by molar-refractivity contribution is 5.89. The van der Waals surface area contributed by atoms with E-state index in [0.717, 1.165) is 85.5 Å². The number of piperazine rings is 1. The standard InChI is InChI=1S/C29H34FN9/c1-36(2)17-21-11-22(13-24(30)12-21)18-37-7-9-38(10-8-37)25-14-29(15-25,4-5-31)39-19-23(16-35-39)27-26-3-6-32-28(26)34-20-33-27/h3,6,11-13,16,19-20,25H,4,7-10,14-15,17-18H2,1-2H3,(H,32,33,34). The first kappa shape index (κ1) is 25.6. The number of aromatic amines is 1. The van der Waals surface area contributed by atoms with Crippen LogP contribution in [0, 0.1) is 17.1 Å². The van der Waals surface area contributed by atoms with Crippen molar-refractivity contribution in [2.45, 2.75) is 43.9 Å². The molecule has 0 unspecified atom stereocenters. The van der Waals surface area contributed by atoms with Gasteiger partial charge in [-0.3, -0.25) is 14.5 Å². The third kappa shape index (κ3) is 5.17. The van der Waals surface area contributed by atoms with E-state index in [9.17, 15) is 9.65 Å². The highest BCUT2D eigenvalue weighted by Crippen LogP contribution is 2.45. The van der Waals surface area contributed by atoms with E-state index in [1.165, 1.54) is 0 Å². The van der Waals surface area contributed by atoms with Gasteiger partial charge in [-0.05, 0) is 56.3 Å². The Morgan fingerprint density at radius 2 is 1.92 bits per heavy atom. The van der Waals surface area contributed by atoms with Gasteiger partial charge in [-0.15, -0.1) is 0 Å². The number of rotatable bonds is 8. The van der Waals surface area contributed by atoms with E-state index in [2.05, 4.69) is 41.8 Å². The maximum Gasteiger partial charge on any atom is 0.141 e. The Morgan fingerprint density at radius 1 is 1.13 bits per heavy atom. The van der Waals surface area contributed by atoms with Crippen LogP contribution in [0.3, 0.4) is 0 Å². The van der Waals surface area contributed by atoms with Crippen molar-refractivity contribution in [1.82, 2.24) is 39.4 Å². The molecule has 0 radical (unpaired) electrons. The van der Waals surface area contributed by atoms with E-state index < -0.39 is 0 Å². The number of hydrogen-bond donors (Lipinski definition) is 1. The zero-order valence-electron chi connectivity index (χ0n) is 22.5. The van der Waals surface area contributed by atoms with Crippen molar-refractivity contribution in [1.29, 1.82) is 5.26 Å². The molecule has 4 aromatic rings. The van der Waals surface area contributed by atoms with Crippen LogP contribution in [0.2, 0.25) is 0 Å². The lowest BCUT2D eigenvalue weighted by molar-refractivity contribution is -0.0191. The number of hydrogen-bond acceptors (Lipinski definition) is 7. The summed E-state index contributed by atoms with van der Waals surface area (Å²) in [5, 5.41) is 15.3. The van der Waals surface area contributed by atoms with E-state index in [1.807, 2.05) is 43.4 Å². The minimum atomic E-state index is -0.288. The summed E-state index contributed by atoms with van der Waals surface area (Å²) in [7, 11) is 4.00. The van der Waals surface area contributed by atoms with E-state index in [1.54, 1.807) is 18.5 Å². The molecule has 0 bridgehead atoms. The summed E-state index contributed by atoms with van der Waals surface area (Å²) in [6.45, 7) is 5.36. The Balaban J connectivity index is 1.08. The van der Waals surface area contributed by atoms with Gasteiger partial charge in [0.1, 0.15) is 17.8 Å². The van der Waals surface area contributed by atoms with Crippen LogP contribution in [0.15, 0.2) is 49.2 Å². The maximum atomic E-state index is 14.2. The van der Waals surface area contributed by atoms with Crippen molar-refractivity contribution in [3.63, 3.8) is 0 Å². The molecule has 1 saturated heterocycles. The summed E-state index contributed by atoms with van der Waals surface area (Å²) in [6, 6.07) is 10.2. The average Bonchev–Trinajstić information content (AvgIpc) is 3.56. The van der Waals surface area contributed by atoms with Gasteiger partial charge in [-0.1, -0.05) is 6.07 Å². The van der Waals surface area contributed by atoms with Gasteiger partial charge in [0.05, 0.1) is 29.9 Å². The number of nitrogens with zero attached hydrogens (tertiary/aromatic N) is 8. The molecular weight excluding hydrogens is 493 g/mol. The molecule has 202 valence electrons. The molecule has 0 amide bonds. The second-order valence-electron chi connectivity index (χ2n) is 11.3. The van der Waals surface area contributed by atoms with Gasteiger partial charge in [0, 0.05) is 68.7 Å². The Kier molecular flexibility index (Phi) is 6.89. The lowest BCUT2D eigenvalue weighted by atomic mass is 9.70. The Labute approximate surface area is 227 Å². The second kappa shape index (κ2) is 10.5. The van der Waals surface area contributed by atoms with Crippen molar-refractivity contribution in [3.8, 4) is 17.3 Å². The van der Waals surface area contributed by atoms with Crippen LogP contribution in [0.25, 0.3) is 22.3 Å². The number of nitriles is 1. The van der Waals surface area contributed by atoms with Crippen LogP contribution in [-0.4, -0.2) is 85.7 Å². The fraction of sp³-hybridized carbons (Fsp3) is 0.448. The highest BCUT2D eigenvalue weighted by Gasteiger charge is 2.49. The molecular formula is C29H34FN9. The van der Waals surface area contributed by atoms with Crippen molar-refractivity contribution in [2.24, 2.45) is 0 Å². The van der Waals surface area contributed by atoms with Gasteiger partial charge in [0.25, 0.3) is 0 Å². The molecule has 1 N–H and O–H groups in total. The number of halogens is 1. The molecule has 1 aromatic carbocycles. The van der Waals surface area contributed by atoms with Crippen molar-refractivity contribution in [2.75, 3.05) is 40.3 Å². The zero-order valence-corrected chi connectivity index (χ0v) is 22.5. The zero-order chi connectivity index (χ0) is 27.0. The van der Waals surface area contributed by atoms with Crippen LogP contribution in [0.4, 0.5) is 4.39 Å². The Bertz CT molecular complexity index is 1490. The van der Waals surface area contributed by atoms with Gasteiger partial charge >= 0.3 is 0 Å². The SMILES string of the molecule is CN(C)Cc1cc(F)cc(CN2CCN(C3CC(CC#N)(n4cc(-c5ncnc6[nH]ccc56)cn4)C3)CC2)c1. The van der Waals surface area contributed by atoms with Gasteiger partial charge in [-0.2, -0.15) is 10.4 Å². The summed E-state index contributed by atoms with van der Waals surface area (Å²) in [4.78, 5) is 18.9. The quantitative estimate of drug-likeness (QED) is 0.374. The predicted molar refractivity (Wildman–Crippen MR) is 147 cm³/mol. The molecule has 1 aliphatic heterocycles. The monoisotopic (exact) mass is 527 g/mol. The molecule has 39 heavy (non-hydrogen) atoms. The second-order valence-corrected chi connectivity index (χ2v) is 11.3. The van der Waals surface area contributed by atoms with Crippen LogP contribution in [-0.2, 0) is 18.6 Å². The molecule has 6 rings (SSSR count). The molecule has 2 fully saturated rings. The fourth-order valence-corrected chi connectivity index (χ4v) is 6.25. The average molecular weight is 528 g/mol. The molecule has 0 atom stereocenters. The number of fused-ring (bicyclic) bond motifs is 1. The van der Waals surface area contributed by atoms with Crippen LogP contribution >= 0.6 is 0 Å². The molecule has 4 heterocycles. The van der Waals surface area contributed by atoms with Crippen molar-refractivity contribution in [3.05, 3.63) is 66.1 Å². The lowest BCUT2D eigenvalue weighted by Crippen LogP contribution is -2.60. The summed E-state index contributed by atoms with van der Waals surface area (Å²) in [5.41, 5.74) is 4.33. The molecule has 1 aliphatic carbocycles. The van der Waals surface area contributed by atoms with Gasteiger partial charge < -0.3 is 9.88 Å². The number of benzene rings is 1. The molecule has 3 aromatic heterocycles. The number of aromatic nitrogens is 5.